The lowest BCUT2D eigenvalue weighted by atomic mass is 10.4. The van der Waals surface area contributed by atoms with Crippen LogP contribution in [0.5, 0.6) is 0 Å². The number of hydrogen-bond donors (Lipinski definition) is 0. The summed E-state index contributed by atoms with van der Waals surface area (Å²) >= 11 is -0.867. The van der Waals surface area contributed by atoms with Crippen molar-refractivity contribution < 1.29 is 21.2 Å². The highest BCUT2D eigenvalue weighted by Crippen LogP contribution is 1.82. The van der Waals surface area contributed by atoms with Crippen molar-refractivity contribution in [3.63, 3.8) is 0 Å². The summed E-state index contributed by atoms with van der Waals surface area (Å²) in [5, 5.41) is 0. The Bertz CT molecular complexity index is 700. The lowest BCUT2D eigenvalue weighted by Gasteiger charge is -2.06. The van der Waals surface area contributed by atoms with Gasteiger partial charge < -0.3 is 9.59 Å². The van der Waals surface area contributed by atoms with E-state index >= 15 is 0 Å². The Morgan fingerprint density at radius 1 is 0.944 bits per heavy atom. The Balaban J connectivity index is 2.64. The highest BCUT2D eigenvalue weighted by molar-refractivity contribution is 5.00. The van der Waals surface area contributed by atoms with Crippen LogP contribution in [-0.4, -0.2) is 9.13 Å². The van der Waals surface area contributed by atoms with Gasteiger partial charge in [0.05, 0.1) is 0 Å². The smallest absolute Gasteiger partial charge is 0.306 e. The van der Waals surface area contributed by atoms with Crippen molar-refractivity contribution in [1.82, 2.24) is 9.13 Å². The van der Waals surface area contributed by atoms with E-state index in [9.17, 15) is 14.4 Å². The van der Waals surface area contributed by atoms with Crippen molar-refractivity contribution in [3.05, 3.63) is 68.7 Å². The lowest BCUT2D eigenvalue weighted by Crippen LogP contribution is -3.63. The molecule has 0 atom stereocenters. The minimum absolute atomic E-state index is 0.226. The maximum atomic E-state index is 11.9. The molecule has 0 N–H and O–H groups in total. The Kier molecular flexibility index (Phi) is 3.55. The summed E-state index contributed by atoms with van der Waals surface area (Å²) in [5.41, 5.74) is -1.52. The predicted octanol–water partition coefficient (Wildman–Crippen LogP) is -3.71. The quantitative estimate of drug-likeness (QED) is 0.410. The first kappa shape index (κ1) is 12.9. The molecule has 0 fully saturated rings. The molecule has 1 aromatic heterocycles. The maximum Gasteiger partial charge on any atom is 0.329 e. The molecular weight excluding hydrogens is 347 g/mol. The third-order valence-electron chi connectivity index (χ3n) is 2.50. The second-order valence-electron chi connectivity index (χ2n) is 3.71. The van der Waals surface area contributed by atoms with Gasteiger partial charge in [-0.2, -0.15) is 0 Å². The second kappa shape index (κ2) is 4.97. The zero-order valence-electron chi connectivity index (χ0n) is 9.88. The monoisotopic (exact) mass is 358 g/mol. The molecule has 0 amide bonds. The molecule has 0 aliphatic heterocycles. The minimum Gasteiger partial charge on any atom is -0.306 e. The summed E-state index contributed by atoms with van der Waals surface area (Å²) in [5.74, 6) is 0. The van der Waals surface area contributed by atoms with Gasteiger partial charge in [-0.15, -0.1) is 0 Å². The molecule has 5 nitrogen and oxygen atoms in total. The summed E-state index contributed by atoms with van der Waals surface area (Å²) in [4.78, 5) is 35.4. The van der Waals surface area contributed by atoms with Crippen molar-refractivity contribution in [2.45, 2.75) is 0 Å². The molecule has 2 rings (SSSR count). The summed E-state index contributed by atoms with van der Waals surface area (Å²) in [6, 6.07) is 9.39. The summed E-state index contributed by atoms with van der Waals surface area (Å²) < 4.78 is 3.17. The van der Waals surface area contributed by atoms with Crippen molar-refractivity contribution in [2.24, 2.45) is 14.1 Å². The van der Waals surface area contributed by atoms with Gasteiger partial charge in [0.2, 0.25) is 0 Å². The first-order valence-corrected chi connectivity index (χ1v) is 7.35. The van der Waals surface area contributed by atoms with Gasteiger partial charge in [0, 0.05) is 17.7 Å². The van der Waals surface area contributed by atoms with Crippen LogP contribution in [0.25, 0.3) is 0 Å². The number of benzene rings is 1. The van der Waals surface area contributed by atoms with Crippen molar-refractivity contribution in [1.29, 1.82) is 0 Å². The number of rotatable bonds is 2. The van der Waals surface area contributed by atoms with E-state index in [1.165, 1.54) is 14.1 Å². The van der Waals surface area contributed by atoms with E-state index in [1.54, 1.807) is 0 Å². The Morgan fingerprint density at radius 2 is 1.44 bits per heavy atom. The Labute approximate surface area is 113 Å². The molecule has 0 bridgehead atoms. The molecular formula is C12H11IN2O3. The van der Waals surface area contributed by atoms with E-state index < -0.39 is 38.0 Å². The van der Waals surface area contributed by atoms with Crippen LogP contribution in [0.1, 0.15) is 0 Å². The zero-order valence-corrected chi connectivity index (χ0v) is 12.0. The van der Waals surface area contributed by atoms with Crippen molar-refractivity contribution in [2.75, 3.05) is 0 Å². The van der Waals surface area contributed by atoms with Crippen LogP contribution in [0.3, 0.4) is 0 Å². The highest BCUT2D eigenvalue weighted by atomic mass is 127. The van der Waals surface area contributed by atoms with Gasteiger partial charge in [0.15, 0.2) is 35.9 Å². The van der Waals surface area contributed by atoms with Crippen LogP contribution < -0.4 is 38.0 Å². The zero-order chi connectivity index (χ0) is 13.3. The van der Waals surface area contributed by atoms with Gasteiger partial charge in [-0.1, -0.05) is 18.2 Å². The second-order valence-corrected chi connectivity index (χ2v) is 6.58. The van der Waals surface area contributed by atoms with E-state index in [0.29, 0.717) is 0 Å². The van der Waals surface area contributed by atoms with Gasteiger partial charge in [0.25, 0.3) is 0 Å². The van der Waals surface area contributed by atoms with E-state index in [0.717, 1.165) is 12.7 Å². The molecule has 1 heterocycles. The van der Waals surface area contributed by atoms with Crippen LogP contribution in [0.15, 0.2) is 44.7 Å². The molecule has 0 aliphatic rings. The standard InChI is InChI=1S/C12H11IN2O3/c1-14-10(16)9(11(17)15(2)12(14)18)13-8-6-4-3-5-7-8/h3-7H,1-2H3. The van der Waals surface area contributed by atoms with Crippen LogP contribution in [-0.2, 0) is 14.1 Å². The molecule has 0 spiro atoms. The van der Waals surface area contributed by atoms with Gasteiger partial charge in [0.1, 0.15) is 0 Å². The van der Waals surface area contributed by atoms with Crippen molar-refractivity contribution >= 4 is 0 Å². The Hall–Kier alpha value is -1.57. The maximum absolute atomic E-state index is 11.9. The molecule has 0 radical (unpaired) electrons. The number of hydrogen-bond acceptors (Lipinski definition) is 3. The van der Waals surface area contributed by atoms with E-state index in [-0.39, 0.29) is 3.57 Å². The molecule has 0 saturated heterocycles. The fourth-order valence-corrected chi connectivity index (χ4v) is 4.03. The molecule has 6 heteroatoms. The number of halogens is 1. The van der Waals surface area contributed by atoms with Crippen LogP contribution >= 0.6 is 0 Å². The van der Waals surface area contributed by atoms with E-state index in [4.69, 9.17) is 0 Å². The fraction of sp³-hybridized carbons (Fsp3) is 0.167. The summed E-state index contributed by atoms with van der Waals surface area (Å²) in [6.45, 7) is 0. The SMILES string of the molecule is Cn1c(=O)[c-]([I+]c2ccccc2)c(=O)n(C)c1=O. The molecule has 1 aromatic carbocycles. The van der Waals surface area contributed by atoms with Gasteiger partial charge in [-0.05, 0) is 12.1 Å². The third-order valence-corrected chi connectivity index (χ3v) is 5.30. The first-order valence-electron chi connectivity index (χ1n) is 5.19. The fourth-order valence-electron chi connectivity index (χ4n) is 1.45. The average molecular weight is 358 g/mol. The predicted molar refractivity (Wildman–Crippen MR) is 62.6 cm³/mol. The average Bonchev–Trinajstić information content (AvgIpc) is 2.40. The van der Waals surface area contributed by atoms with Gasteiger partial charge in [-0.3, -0.25) is 9.13 Å². The van der Waals surface area contributed by atoms with Crippen LogP contribution in [0.2, 0.25) is 0 Å². The molecule has 0 unspecified atom stereocenters. The number of nitrogens with zero attached hydrogens (tertiary/aromatic N) is 2. The molecule has 0 aliphatic carbocycles. The summed E-state index contributed by atoms with van der Waals surface area (Å²) in [7, 11) is 2.78. The van der Waals surface area contributed by atoms with Crippen LogP contribution in [0.4, 0.5) is 0 Å². The van der Waals surface area contributed by atoms with Crippen LogP contribution in [0, 0.1) is 7.14 Å². The molecule has 94 valence electrons. The van der Waals surface area contributed by atoms with E-state index in [1.807, 2.05) is 30.3 Å². The number of aromatic nitrogens is 2. The molecule has 18 heavy (non-hydrogen) atoms. The largest absolute Gasteiger partial charge is 0.329 e. The topological polar surface area (TPSA) is 61.1 Å². The normalized spacial score (nSPS) is 10.6. The van der Waals surface area contributed by atoms with Gasteiger partial charge in [-0.25, -0.2) is 4.79 Å². The van der Waals surface area contributed by atoms with Gasteiger partial charge >= 0.3 is 5.69 Å². The molecule has 0 saturated carbocycles. The molecule has 2 aromatic rings. The minimum atomic E-state index is -0.867. The van der Waals surface area contributed by atoms with Crippen molar-refractivity contribution in [3.8, 4) is 0 Å². The third kappa shape index (κ3) is 2.20. The Morgan fingerprint density at radius 3 is 1.94 bits per heavy atom. The van der Waals surface area contributed by atoms with E-state index in [2.05, 4.69) is 0 Å². The highest BCUT2D eigenvalue weighted by Gasteiger charge is 2.13. The first-order chi connectivity index (χ1) is 8.52. The lowest BCUT2D eigenvalue weighted by molar-refractivity contribution is -0.601. The summed E-state index contributed by atoms with van der Waals surface area (Å²) in [6.07, 6.45) is 0.